The highest BCUT2D eigenvalue weighted by Crippen LogP contribution is 2.21. The van der Waals surface area contributed by atoms with Crippen molar-refractivity contribution in [2.45, 2.75) is 44.1 Å². The monoisotopic (exact) mass is 411 g/mol. The van der Waals surface area contributed by atoms with Crippen LogP contribution in [0.15, 0.2) is 29.2 Å². The molecule has 0 unspecified atom stereocenters. The highest BCUT2D eigenvalue weighted by atomic mass is 32.2. The lowest BCUT2D eigenvalue weighted by Crippen LogP contribution is -2.49. The summed E-state index contributed by atoms with van der Waals surface area (Å²) in [5, 5.41) is 0. The molecule has 154 valence electrons. The number of amides is 3. The number of carbonyl (C=O) groups excluding carboxylic acids is 3. The van der Waals surface area contributed by atoms with Gasteiger partial charge in [0, 0.05) is 23.9 Å². The summed E-state index contributed by atoms with van der Waals surface area (Å²) < 4.78 is 18.8. The third-order valence-electron chi connectivity index (χ3n) is 4.04. The normalized spacial score (nSPS) is 15.1. The van der Waals surface area contributed by atoms with E-state index in [9.17, 15) is 18.8 Å². The van der Waals surface area contributed by atoms with Gasteiger partial charge in [0.2, 0.25) is 11.8 Å². The summed E-state index contributed by atoms with van der Waals surface area (Å²) in [6.07, 6.45) is 0.598. The van der Waals surface area contributed by atoms with Crippen molar-refractivity contribution in [3.8, 4) is 0 Å². The molecule has 0 aromatic heterocycles. The average Bonchev–Trinajstić information content (AvgIpc) is 2.64. The third kappa shape index (κ3) is 7.03. The summed E-state index contributed by atoms with van der Waals surface area (Å²) in [4.78, 5) is 38.1. The number of halogens is 1. The van der Waals surface area contributed by atoms with Crippen molar-refractivity contribution in [1.29, 1.82) is 0 Å². The Morgan fingerprint density at radius 2 is 1.82 bits per heavy atom. The number of hydrogen-bond acceptors (Lipinski definition) is 5. The van der Waals surface area contributed by atoms with Crippen LogP contribution in [0.25, 0.3) is 0 Å². The number of ether oxygens (including phenoxy) is 1. The first-order valence-corrected chi connectivity index (χ1v) is 10.1. The molecule has 3 amide bonds. The lowest BCUT2D eigenvalue weighted by Gasteiger charge is -2.32. The summed E-state index contributed by atoms with van der Waals surface area (Å²) in [5.74, 6) is -1.42. The highest BCUT2D eigenvalue weighted by Gasteiger charge is 2.30. The van der Waals surface area contributed by atoms with Gasteiger partial charge in [-0.05, 0) is 45.7 Å². The Morgan fingerprint density at radius 1 is 1.18 bits per heavy atom. The van der Waals surface area contributed by atoms with E-state index in [4.69, 9.17) is 4.74 Å². The zero-order valence-corrected chi connectivity index (χ0v) is 17.1. The van der Waals surface area contributed by atoms with Gasteiger partial charge in [-0.2, -0.15) is 0 Å². The van der Waals surface area contributed by atoms with Gasteiger partial charge >= 0.3 is 6.09 Å². The molecule has 1 aliphatic rings. The predicted octanol–water partition coefficient (Wildman–Crippen LogP) is 2.71. The summed E-state index contributed by atoms with van der Waals surface area (Å²) in [7, 11) is 0. The third-order valence-corrected chi connectivity index (χ3v) is 5.09. The van der Waals surface area contributed by atoms with Gasteiger partial charge < -0.3 is 9.64 Å². The second kappa shape index (κ2) is 9.77. The fourth-order valence-electron chi connectivity index (χ4n) is 2.63. The second-order valence-electron chi connectivity index (χ2n) is 7.50. The van der Waals surface area contributed by atoms with Crippen molar-refractivity contribution >= 4 is 29.7 Å². The highest BCUT2D eigenvalue weighted by molar-refractivity contribution is 8.00. The van der Waals surface area contributed by atoms with Crippen LogP contribution in [0.4, 0.5) is 9.18 Å². The van der Waals surface area contributed by atoms with Gasteiger partial charge in [-0.15, -0.1) is 11.8 Å². The SMILES string of the molecule is CC(C)(C)OC(=O)N1CCC(C(=O)NNC(=O)CSc2ccccc2F)CC1. The minimum atomic E-state index is -0.559. The Balaban J connectivity index is 1.69. The number of thioether (sulfide) groups is 1. The van der Waals surface area contributed by atoms with E-state index in [-0.39, 0.29) is 29.5 Å². The standard InChI is InChI=1S/C19H26FN3O4S/c1-19(2,3)27-18(26)23-10-8-13(9-11-23)17(25)22-21-16(24)12-28-15-7-5-4-6-14(15)20/h4-7,13H,8-12H2,1-3H3,(H,21,24)(H,22,25). The summed E-state index contributed by atoms with van der Waals surface area (Å²) >= 11 is 1.05. The first-order valence-electron chi connectivity index (χ1n) is 9.09. The zero-order valence-electron chi connectivity index (χ0n) is 16.3. The number of piperidine rings is 1. The quantitative estimate of drug-likeness (QED) is 0.588. The molecule has 7 nitrogen and oxygen atoms in total. The van der Waals surface area contributed by atoms with Crippen molar-refractivity contribution in [1.82, 2.24) is 15.8 Å². The smallest absolute Gasteiger partial charge is 0.410 e. The molecule has 2 rings (SSSR count). The maximum absolute atomic E-state index is 13.5. The molecule has 1 heterocycles. The molecule has 2 N–H and O–H groups in total. The van der Waals surface area contributed by atoms with E-state index in [1.54, 1.807) is 43.9 Å². The summed E-state index contributed by atoms with van der Waals surface area (Å²) in [6.45, 7) is 6.25. The maximum Gasteiger partial charge on any atom is 0.410 e. The second-order valence-corrected chi connectivity index (χ2v) is 8.52. The van der Waals surface area contributed by atoms with E-state index in [2.05, 4.69) is 10.9 Å². The molecule has 9 heteroatoms. The summed E-state index contributed by atoms with van der Waals surface area (Å²) in [5.41, 5.74) is 4.19. The first kappa shape index (κ1) is 22.0. The Kier molecular flexibility index (Phi) is 7.68. The van der Waals surface area contributed by atoms with Crippen LogP contribution in [-0.2, 0) is 14.3 Å². The van der Waals surface area contributed by atoms with E-state index >= 15 is 0 Å². The molecule has 0 radical (unpaired) electrons. The molecule has 0 aliphatic carbocycles. The molecule has 1 aromatic rings. The number of benzene rings is 1. The van der Waals surface area contributed by atoms with Crippen molar-refractivity contribution in [2.24, 2.45) is 5.92 Å². The molecule has 1 aliphatic heterocycles. The van der Waals surface area contributed by atoms with Crippen LogP contribution in [-0.4, -0.2) is 47.3 Å². The molecule has 28 heavy (non-hydrogen) atoms. The van der Waals surface area contributed by atoms with Gasteiger partial charge in [0.25, 0.3) is 0 Å². The van der Waals surface area contributed by atoms with Crippen molar-refractivity contribution in [3.63, 3.8) is 0 Å². The Labute approximate surface area is 168 Å². The molecule has 0 bridgehead atoms. The van der Waals surface area contributed by atoms with Crippen molar-refractivity contribution < 1.29 is 23.5 Å². The maximum atomic E-state index is 13.5. The van der Waals surface area contributed by atoms with Crippen LogP contribution in [0.3, 0.4) is 0 Å². The predicted molar refractivity (Wildman–Crippen MR) is 104 cm³/mol. The van der Waals surface area contributed by atoms with E-state index in [1.165, 1.54) is 6.07 Å². The minimum absolute atomic E-state index is 0.0156. The van der Waals surface area contributed by atoms with Gasteiger partial charge in [-0.3, -0.25) is 20.4 Å². The molecular weight excluding hydrogens is 385 g/mol. The Hall–Kier alpha value is -2.29. The largest absolute Gasteiger partial charge is 0.444 e. The van der Waals surface area contributed by atoms with Crippen LogP contribution in [0.5, 0.6) is 0 Å². The van der Waals surface area contributed by atoms with Crippen LogP contribution in [0, 0.1) is 11.7 Å². The number of nitrogens with zero attached hydrogens (tertiary/aromatic N) is 1. The lowest BCUT2D eigenvalue weighted by molar-refractivity contribution is -0.131. The number of likely N-dealkylation sites (tertiary alicyclic amines) is 1. The number of nitrogens with one attached hydrogen (secondary N) is 2. The molecular formula is C19H26FN3O4S. The molecule has 0 spiro atoms. The van der Waals surface area contributed by atoms with Gasteiger partial charge in [0.05, 0.1) is 5.75 Å². The topological polar surface area (TPSA) is 87.7 Å². The summed E-state index contributed by atoms with van der Waals surface area (Å²) in [6, 6.07) is 6.18. The minimum Gasteiger partial charge on any atom is -0.444 e. The van der Waals surface area contributed by atoms with E-state index in [0.29, 0.717) is 30.8 Å². The lowest BCUT2D eigenvalue weighted by atomic mass is 9.96. The first-order chi connectivity index (χ1) is 13.2. The number of carbonyl (C=O) groups is 3. The molecule has 0 atom stereocenters. The number of hydrogen-bond donors (Lipinski definition) is 2. The fourth-order valence-corrected chi connectivity index (χ4v) is 3.36. The van der Waals surface area contributed by atoms with E-state index in [1.807, 2.05) is 0 Å². The van der Waals surface area contributed by atoms with Crippen LogP contribution in [0.1, 0.15) is 33.6 Å². The Bertz CT molecular complexity index is 715. The molecule has 1 saturated heterocycles. The Morgan fingerprint density at radius 3 is 2.43 bits per heavy atom. The molecule has 1 fully saturated rings. The number of rotatable bonds is 4. The van der Waals surface area contributed by atoms with Gasteiger partial charge in [0.1, 0.15) is 11.4 Å². The van der Waals surface area contributed by atoms with E-state index in [0.717, 1.165) is 11.8 Å². The van der Waals surface area contributed by atoms with Crippen LogP contribution >= 0.6 is 11.8 Å². The zero-order chi connectivity index (χ0) is 20.7. The van der Waals surface area contributed by atoms with Gasteiger partial charge in [-0.25, -0.2) is 9.18 Å². The number of hydrazine groups is 1. The van der Waals surface area contributed by atoms with Crippen molar-refractivity contribution in [3.05, 3.63) is 30.1 Å². The van der Waals surface area contributed by atoms with Gasteiger partial charge in [0.15, 0.2) is 0 Å². The van der Waals surface area contributed by atoms with Crippen molar-refractivity contribution in [2.75, 3.05) is 18.8 Å². The molecule has 0 saturated carbocycles. The fraction of sp³-hybridized carbons (Fsp3) is 0.526. The van der Waals surface area contributed by atoms with Crippen LogP contribution in [0.2, 0.25) is 0 Å². The van der Waals surface area contributed by atoms with Crippen LogP contribution < -0.4 is 10.9 Å². The van der Waals surface area contributed by atoms with Gasteiger partial charge in [-0.1, -0.05) is 12.1 Å². The average molecular weight is 411 g/mol. The van der Waals surface area contributed by atoms with E-state index < -0.39 is 11.5 Å². The molecule has 1 aromatic carbocycles.